The first-order valence-electron chi connectivity index (χ1n) is 3.65. The number of anilines is 3. The van der Waals surface area contributed by atoms with E-state index < -0.39 is 0 Å². The van der Waals surface area contributed by atoms with Crippen LogP contribution in [0.15, 0.2) is 12.1 Å². The Hall–Kier alpha value is -1.42. The molecular formula is C8H13N3O. The van der Waals surface area contributed by atoms with Gasteiger partial charge in [0, 0.05) is 7.05 Å². The highest BCUT2D eigenvalue weighted by Crippen LogP contribution is 2.26. The van der Waals surface area contributed by atoms with Crippen molar-refractivity contribution in [3.63, 3.8) is 0 Å². The minimum Gasteiger partial charge on any atom is -0.397 e. The summed E-state index contributed by atoms with van der Waals surface area (Å²) < 4.78 is 0. The van der Waals surface area contributed by atoms with Crippen LogP contribution < -0.4 is 16.8 Å². The summed E-state index contributed by atoms with van der Waals surface area (Å²) in [6.07, 6.45) is 0. The van der Waals surface area contributed by atoms with Crippen LogP contribution in [0, 0.1) is 0 Å². The van der Waals surface area contributed by atoms with Gasteiger partial charge >= 0.3 is 0 Å². The molecule has 0 heterocycles. The molecular weight excluding hydrogens is 154 g/mol. The quantitative estimate of drug-likeness (QED) is 0.480. The zero-order valence-corrected chi connectivity index (χ0v) is 6.96. The third kappa shape index (κ3) is 1.43. The molecule has 1 aromatic rings. The molecule has 0 aliphatic carbocycles. The molecule has 66 valence electrons. The Morgan fingerprint density at radius 1 is 1.42 bits per heavy atom. The predicted molar refractivity (Wildman–Crippen MR) is 50.7 cm³/mol. The maximum absolute atomic E-state index is 8.85. The molecule has 0 aromatic heterocycles. The Morgan fingerprint density at radius 3 is 2.58 bits per heavy atom. The van der Waals surface area contributed by atoms with Crippen LogP contribution >= 0.6 is 0 Å². The van der Waals surface area contributed by atoms with Crippen molar-refractivity contribution >= 4 is 17.1 Å². The van der Waals surface area contributed by atoms with Gasteiger partial charge in [-0.05, 0) is 17.7 Å². The van der Waals surface area contributed by atoms with Gasteiger partial charge in [0.2, 0.25) is 0 Å². The van der Waals surface area contributed by atoms with Gasteiger partial charge in [-0.3, -0.25) is 0 Å². The lowest BCUT2D eigenvalue weighted by atomic mass is 10.1. The Morgan fingerprint density at radius 2 is 2.08 bits per heavy atom. The van der Waals surface area contributed by atoms with Crippen LogP contribution in [0.2, 0.25) is 0 Å². The summed E-state index contributed by atoms with van der Waals surface area (Å²) in [5.41, 5.74) is 13.8. The molecule has 0 fully saturated rings. The molecule has 4 nitrogen and oxygen atoms in total. The summed E-state index contributed by atoms with van der Waals surface area (Å²) in [6, 6.07) is 3.43. The molecule has 1 rings (SSSR count). The van der Waals surface area contributed by atoms with E-state index in [1.165, 1.54) is 0 Å². The molecule has 1 aromatic carbocycles. The second-order valence-electron chi connectivity index (χ2n) is 2.55. The summed E-state index contributed by atoms with van der Waals surface area (Å²) in [5.74, 6) is 0. The van der Waals surface area contributed by atoms with Crippen molar-refractivity contribution < 1.29 is 5.11 Å². The fourth-order valence-corrected chi connectivity index (χ4v) is 1.04. The largest absolute Gasteiger partial charge is 0.397 e. The van der Waals surface area contributed by atoms with Crippen molar-refractivity contribution in [1.82, 2.24) is 0 Å². The smallest absolute Gasteiger partial charge is 0.0783 e. The van der Waals surface area contributed by atoms with Crippen molar-refractivity contribution in [2.75, 3.05) is 23.8 Å². The predicted octanol–water partition coefficient (Wildman–Crippen LogP) is 0.385. The third-order valence-electron chi connectivity index (χ3n) is 1.72. The van der Waals surface area contributed by atoms with Gasteiger partial charge in [0.15, 0.2) is 0 Å². The lowest BCUT2D eigenvalue weighted by Crippen LogP contribution is -2.02. The molecule has 0 amide bonds. The molecule has 0 atom stereocenters. The SMILES string of the molecule is CNc1cc(CO)cc(N)c1N. The number of rotatable bonds is 2. The highest BCUT2D eigenvalue weighted by molar-refractivity contribution is 5.79. The van der Waals surface area contributed by atoms with E-state index in [0.717, 1.165) is 11.3 Å². The van der Waals surface area contributed by atoms with Gasteiger partial charge in [-0.25, -0.2) is 0 Å². The van der Waals surface area contributed by atoms with Gasteiger partial charge < -0.3 is 21.9 Å². The molecule has 0 saturated heterocycles. The summed E-state index contributed by atoms with van der Waals surface area (Å²) in [6.45, 7) is -0.0286. The van der Waals surface area contributed by atoms with E-state index in [0.29, 0.717) is 11.4 Å². The number of hydrogen-bond acceptors (Lipinski definition) is 4. The molecule has 0 unspecified atom stereocenters. The first-order chi connectivity index (χ1) is 5.69. The molecule has 6 N–H and O–H groups in total. The second kappa shape index (κ2) is 3.32. The molecule has 0 bridgehead atoms. The molecule has 0 spiro atoms. The van der Waals surface area contributed by atoms with Crippen molar-refractivity contribution in [2.45, 2.75) is 6.61 Å². The number of aliphatic hydroxyl groups is 1. The van der Waals surface area contributed by atoms with E-state index >= 15 is 0 Å². The number of hydrogen-bond donors (Lipinski definition) is 4. The van der Waals surface area contributed by atoms with Crippen LogP contribution in [0.4, 0.5) is 17.1 Å². The fourth-order valence-electron chi connectivity index (χ4n) is 1.04. The highest BCUT2D eigenvalue weighted by atomic mass is 16.3. The molecule has 0 saturated carbocycles. The van der Waals surface area contributed by atoms with E-state index in [1.807, 2.05) is 0 Å². The van der Waals surface area contributed by atoms with E-state index in [2.05, 4.69) is 5.32 Å². The Balaban J connectivity index is 3.19. The summed E-state index contributed by atoms with van der Waals surface area (Å²) >= 11 is 0. The number of aliphatic hydroxyl groups excluding tert-OH is 1. The highest BCUT2D eigenvalue weighted by Gasteiger charge is 2.02. The van der Waals surface area contributed by atoms with E-state index in [4.69, 9.17) is 16.6 Å². The summed E-state index contributed by atoms with van der Waals surface area (Å²) in [7, 11) is 1.76. The van der Waals surface area contributed by atoms with Gasteiger partial charge in [-0.1, -0.05) is 0 Å². The van der Waals surface area contributed by atoms with Crippen LogP contribution in [0.3, 0.4) is 0 Å². The van der Waals surface area contributed by atoms with Crippen LogP contribution in [0.1, 0.15) is 5.56 Å². The van der Waals surface area contributed by atoms with Gasteiger partial charge in [-0.2, -0.15) is 0 Å². The van der Waals surface area contributed by atoms with Crippen molar-refractivity contribution in [3.8, 4) is 0 Å². The first kappa shape index (κ1) is 8.67. The molecule has 4 heteroatoms. The summed E-state index contributed by atoms with van der Waals surface area (Å²) in [4.78, 5) is 0. The lowest BCUT2D eigenvalue weighted by molar-refractivity contribution is 0.282. The van der Waals surface area contributed by atoms with E-state index in [9.17, 15) is 0 Å². The van der Waals surface area contributed by atoms with Gasteiger partial charge in [0.25, 0.3) is 0 Å². The standard InChI is InChI=1S/C8H13N3O/c1-11-7-3-5(4-12)2-6(9)8(7)10/h2-3,11-12H,4,9-10H2,1H3. The number of nitrogens with one attached hydrogen (secondary N) is 1. The number of nitrogens with two attached hydrogens (primary N) is 2. The van der Waals surface area contributed by atoms with Crippen LogP contribution in [0.5, 0.6) is 0 Å². The number of benzene rings is 1. The Labute approximate surface area is 71.2 Å². The monoisotopic (exact) mass is 167 g/mol. The average Bonchev–Trinajstić information content (AvgIpc) is 2.09. The Bertz CT molecular complexity index is 286. The summed E-state index contributed by atoms with van der Waals surface area (Å²) in [5, 5.41) is 11.7. The second-order valence-corrected chi connectivity index (χ2v) is 2.55. The zero-order valence-electron chi connectivity index (χ0n) is 6.96. The molecule has 12 heavy (non-hydrogen) atoms. The fraction of sp³-hybridized carbons (Fsp3) is 0.250. The third-order valence-corrected chi connectivity index (χ3v) is 1.72. The average molecular weight is 167 g/mol. The van der Waals surface area contributed by atoms with Crippen LogP contribution in [0.25, 0.3) is 0 Å². The zero-order chi connectivity index (χ0) is 9.14. The normalized spacial score (nSPS) is 9.83. The van der Waals surface area contributed by atoms with Crippen molar-refractivity contribution in [3.05, 3.63) is 17.7 Å². The Kier molecular flexibility index (Phi) is 2.40. The van der Waals surface area contributed by atoms with Gasteiger partial charge in [-0.15, -0.1) is 0 Å². The van der Waals surface area contributed by atoms with E-state index in [1.54, 1.807) is 19.2 Å². The maximum atomic E-state index is 8.85. The molecule has 0 aliphatic heterocycles. The minimum absolute atomic E-state index is 0.0286. The van der Waals surface area contributed by atoms with Gasteiger partial charge in [0.1, 0.15) is 0 Å². The number of nitrogen functional groups attached to an aromatic ring is 2. The molecule has 0 aliphatic rings. The first-order valence-corrected chi connectivity index (χ1v) is 3.65. The maximum Gasteiger partial charge on any atom is 0.0783 e. The van der Waals surface area contributed by atoms with Crippen molar-refractivity contribution in [2.24, 2.45) is 0 Å². The van der Waals surface area contributed by atoms with Crippen LogP contribution in [-0.4, -0.2) is 12.2 Å². The van der Waals surface area contributed by atoms with Crippen LogP contribution in [-0.2, 0) is 6.61 Å². The molecule has 0 radical (unpaired) electrons. The van der Waals surface area contributed by atoms with Crippen molar-refractivity contribution in [1.29, 1.82) is 0 Å². The van der Waals surface area contributed by atoms with E-state index in [-0.39, 0.29) is 6.61 Å². The minimum atomic E-state index is -0.0286. The van der Waals surface area contributed by atoms with Gasteiger partial charge in [0.05, 0.1) is 23.7 Å². The lowest BCUT2D eigenvalue weighted by Gasteiger charge is -2.09. The topological polar surface area (TPSA) is 84.3 Å².